The molecule has 1 heterocycles. The van der Waals surface area contributed by atoms with Crippen molar-refractivity contribution in [3.05, 3.63) is 10.0 Å². The summed E-state index contributed by atoms with van der Waals surface area (Å²) >= 11 is 7.14. The van der Waals surface area contributed by atoms with Gasteiger partial charge in [-0.1, -0.05) is 0 Å². The standard InChI is InChI=1S/C12H16ClF3N2S/c13-7-1-2-10-17-18-11(19-10)8-3-5-9(6-4-8)12(14,15)16/h8-9H,1-7H2. The largest absolute Gasteiger partial charge is 0.391 e. The van der Waals surface area contributed by atoms with Gasteiger partial charge >= 0.3 is 6.18 Å². The average molecular weight is 313 g/mol. The second-order valence-corrected chi connectivity index (χ2v) is 6.39. The Morgan fingerprint density at radius 2 is 1.84 bits per heavy atom. The average Bonchev–Trinajstić information content (AvgIpc) is 2.84. The molecular formula is C12H16ClF3N2S. The summed E-state index contributed by atoms with van der Waals surface area (Å²) in [6.45, 7) is 0. The van der Waals surface area contributed by atoms with Crippen LogP contribution in [0.5, 0.6) is 0 Å². The smallest absolute Gasteiger partial charge is 0.171 e. The van der Waals surface area contributed by atoms with E-state index in [-0.39, 0.29) is 18.8 Å². The van der Waals surface area contributed by atoms with Crippen molar-refractivity contribution in [1.29, 1.82) is 0 Å². The summed E-state index contributed by atoms with van der Waals surface area (Å²) in [6, 6.07) is 0. The molecule has 2 nitrogen and oxygen atoms in total. The summed E-state index contributed by atoms with van der Waals surface area (Å²) in [5.74, 6) is -0.390. The van der Waals surface area contributed by atoms with Crippen LogP contribution in [-0.2, 0) is 6.42 Å². The molecule has 0 aromatic carbocycles. The Labute approximate surface area is 119 Å². The molecule has 0 saturated heterocycles. The van der Waals surface area contributed by atoms with Crippen molar-refractivity contribution >= 4 is 22.9 Å². The van der Waals surface area contributed by atoms with Gasteiger partial charge in [-0.3, -0.25) is 0 Å². The van der Waals surface area contributed by atoms with E-state index in [1.54, 1.807) is 0 Å². The maximum atomic E-state index is 12.6. The number of alkyl halides is 4. The Kier molecular flexibility index (Phi) is 5.06. The molecule has 0 radical (unpaired) electrons. The first-order valence-electron chi connectivity index (χ1n) is 6.45. The van der Waals surface area contributed by atoms with Gasteiger partial charge in [0.1, 0.15) is 10.0 Å². The monoisotopic (exact) mass is 312 g/mol. The Hall–Kier alpha value is -0.360. The highest BCUT2D eigenvalue weighted by atomic mass is 35.5. The fourth-order valence-corrected chi connectivity index (χ4v) is 3.61. The van der Waals surface area contributed by atoms with E-state index in [4.69, 9.17) is 11.6 Å². The zero-order valence-electron chi connectivity index (χ0n) is 10.4. The van der Waals surface area contributed by atoms with E-state index in [0.717, 1.165) is 22.9 Å². The topological polar surface area (TPSA) is 25.8 Å². The van der Waals surface area contributed by atoms with Crippen molar-refractivity contribution in [1.82, 2.24) is 10.2 Å². The molecule has 19 heavy (non-hydrogen) atoms. The molecule has 1 aromatic heterocycles. The Morgan fingerprint density at radius 3 is 2.42 bits per heavy atom. The molecule has 1 aromatic rings. The normalized spacial score (nSPS) is 24.6. The zero-order valence-corrected chi connectivity index (χ0v) is 12.0. The van der Waals surface area contributed by atoms with Crippen LogP contribution < -0.4 is 0 Å². The van der Waals surface area contributed by atoms with Crippen LogP contribution in [-0.4, -0.2) is 22.3 Å². The molecule has 7 heteroatoms. The van der Waals surface area contributed by atoms with E-state index < -0.39 is 12.1 Å². The van der Waals surface area contributed by atoms with Crippen LogP contribution in [0.1, 0.15) is 48.0 Å². The molecule has 2 rings (SSSR count). The maximum Gasteiger partial charge on any atom is 0.391 e. The van der Waals surface area contributed by atoms with Gasteiger partial charge in [0.15, 0.2) is 0 Å². The number of hydrogen-bond donors (Lipinski definition) is 0. The van der Waals surface area contributed by atoms with Crippen LogP contribution in [0.4, 0.5) is 13.2 Å². The summed E-state index contributed by atoms with van der Waals surface area (Å²) in [4.78, 5) is 0. The molecular weight excluding hydrogens is 297 g/mol. The summed E-state index contributed by atoms with van der Waals surface area (Å²) in [6.07, 6.45) is -0.828. The lowest BCUT2D eigenvalue weighted by Gasteiger charge is -2.28. The molecule has 0 aliphatic heterocycles. The SMILES string of the molecule is FC(F)(F)C1CCC(c2nnc(CCCCl)s2)CC1. The highest BCUT2D eigenvalue weighted by Gasteiger charge is 2.42. The van der Waals surface area contributed by atoms with Crippen molar-refractivity contribution in [2.75, 3.05) is 5.88 Å². The van der Waals surface area contributed by atoms with Gasteiger partial charge in [0.25, 0.3) is 0 Å². The zero-order chi connectivity index (χ0) is 13.9. The number of nitrogens with zero attached hydrogens (tertiary/aromatic N) is 2. The molecule has 0 bridgehead atoms. The van der Waals surface area contributed by atoms with E-state index in [9.17, 15) is 13.2 Å². The molecule has 1 fully saturated rings. The van der Waals surface area contributed by atoms with Gasteiger partial charge in [0.2, 0.25) is 0 Å². The fourth-order valence-electron chi connectivity index (χ4n) is 2.42. The van der Waals surface area contributed by atoms with Gasteiger partial charge in [0.05, 0.1) is 5.92 Å². The summed E-state index contributed by atoms with van der Waals surface area (Å²) in [7, 11) is 0. The quantitative estimate of drug-likeness (QED) is 0.762. The summed E-state index contributed by atoms with van der Waals surface area (Å²) in [5.41, 5.74) is 0. The minimum absolute atomic E-state index is 0.154. The third-order valence-corrected chi connectivity index (χ3v) is 4.96. The predicted molar refractivity (Wildman–Crippen MR) is 69.7 cm³/mol. The molecule has 1 aliphatic rings. The van der Waals surface area contributed by atoms with Crippen molar-refractivity contribution in [3.8, 4) is 0 Å². The highest BCUT2D eigenvalue weighted by Crippen LogP contribution is 2.43. The van der Waals surface area contributed by atoms with E-state index in [1.807, 2.05) is 0 Å². The van der Waals surface area contributed by atoms with Gasteiger partial charge in [0, 0.05) is 18.2 Å². The first-order chi connectivity index (χ1) is 9.00. The fraction of sp³-hybridized carbons (Fsp3) is 0.833. The molecule has 0 unspecified atom stereocenters. The molecule has 1 aliphatic carbocycles. The third-order valence-electron chi connectivity index (χ3n) is 3.55. The maximum absolute atomic E-state index is 12.6. The Balaban J connectivity index is 1.89. The van der Waals surface area contributed by atoms with Crippen molar-refractivity contribution < 1.29 is 13.2 Å². The van der Waals surface area contributed by atoms with Gasteiger partial charge < -0.3 is 0 Å². The molecule has 0 amide bonds. The molecule has 1 saturated carbocycles. The number of rotatable bonds is 4. The summed E-state index contributed by atoms with van der Waals surface area (Å²) < 4.78 is 37.7. The second kappa shape index (κ2) is 6.39. The lowest BCUT2D eigenvalue weighted by molar-refractivity contribution is -0.182. The van der Waals surface area contributed by atoms with Gasteiger partial charge in [-0.05, 0) is 32.1 Å². The van der Waals surface area contributed by atoms with Crippen LogP contribution in [0, 0.1) is 5.92 Å². The highest BCUT2D eigenvalue weighted by molar-refractivity contribution is 7.11. The van der Waals surface area contributed by atoms with Crippen LogP contribution in [0.3, 0.4) is 0 Å². The molecule has 0 spiro atoms. The molecule has 0 atom stereocenters. The van der Waals surface area contributed by atoms with Crippen molar-refractivity contribution in [2.24, 2.45) is 5.92 Å². The van der Waals surface area contributed by atoms with Gasteiger partial charge in [-0.2, -0.15) is 13.2 Å². The third kappa shape index (κ3) is 4.05. The van der Waals surface area contributed by atoms with E-state index in [0.29, 0.717) is 18.7 Å². The minimum atomic E-state index is -4.04. The lowest BCUT2D eigenvalue weighted by Crippen LogP contribution is -2.27. The number of hydrogen-bond acceptors (Lipinski definition) is 3. The van der Waals surface area contributed by atoms with E-state index in [2.05, 4.69) is 10.2 Å². The van der Waals surface area contributed by atoms with Crippen LogP contribution in [0.25, 0.3) is 0 Å². The number of halogens is 4. The first-order valence-corrected chi connectivity index (χ1v) is 7.80. The molecule has 0 N–H and O–H groups in total. The van der Waals surface area contributed by atoms with Crippen LogP contribution in [0.15, 0.2) is 0 Å². The van der Waals surface area contributed by atoms with Gasteiger partial charge in [-0.25, -0.2) is 0 Å². The van der Waals surface area contributed by atoms with Crippen LogP contribution >= 0.6 is 22.9 Å². The number of aryl methyl sites for hydroxylation is 1. The number of aromatic nitrogens is 2. The summed E-state index contributed by atoms with van der Waals surface area (Å²) in [5, 5.41) is 10.0. The van der Waals surface area contributed by atoms with Crippen molar-refractivity contribution in [3.63, 3.8) is 0 Å². The predicted octanol–water partition coefficient (Wildman–Crippen LogP) is 4.55. The minimum Gasteiger partial charge on any atom is -0.171 e. The molecule has 108 valence electrons. The first kappa shape index (κ1) is 15.0. The van der Waals surface area contributed by atoms with E-state index >= 15 is 0 Å². The van der Waals surface area contributed by atoms with E-state index in [1.165, 1.54) is 11.3 Å². The van der Waals surface area contributed by atoms with Crippen LogP contribution in [0.2, 0.25) is 0 Å². The lowest BCUT2D eigenvalue weighted by atomic mass is 9.82. The Morgan fingerprint density at radius 1 is 1.16 bits per heavy atom. The van der Waals surface area contributed by atoms with Crippen molar-refractivity contribution in [2.45, 2.75) is 50.6 Å². The second-order valence-electron chi connectivity index (χ2n) is 4.92. The van der Waals surface area contributed by atoms with Gasteiger partial charge in [-0.15, -0.1) is 33.1 Å². The Bertz CT molecular complexity index is 400.